The van der Waals surface area contributed by atoms with Crippen LogP contribution in [-0.4, -0.2) is 6.61 Å². The van der Waals surface area contributed by atoms with Crippen molar-refractivity contribution in [3.63, 3.8) is 0 Å². The Labute approximate surface area is 110 Å². The van der Waals surface area contributed by atoms with Crippen LogP contribution in [0.2, 0.25) is 0 Å². The second-order valence-electron chi connectivity index (χ2n) is 4.21. The molecule has 1 aromatic rings. The summed E-state index contributed by atoms with van der Waals surface area (Å²) in [6.45, 7) is 9.09. The predicted octanol–water partition coefficient (Wildman–Crippen LogP) is 4.67. The summed E-state index contributed by atoms with van der Waals surface area (Å²) in [6.07, 6.45) is 9.09. The number of allylic oxidation sites excluding steroid dienone is 3. The van der Waals surface area contributed by atoms with Crippen LogP contribution in [0.25, 0.3) is 0 Å². The van der Waals surface area contributed by atoms with E-state index >= 15 is 0 Å². The molecule has 0 aromatic heterocycles. The topological polar surface area (TPSA) is 9.23 Å². The maximum Gasteiger partial charge on any atom is 0.0717 e. The van der Waals surface area contributed by atoms with Crippen LogP contribution in [0.15, 0.2) is 67.3 Å². The first-order valence-electron chi connectivity index (χ1n) is 6.40. The van der Waals surface area contributed by atoms with Crippen molar-refractivity contribution in [1.29, 1.82) is 0 Å². The van der Waals surface area contributed by atoms with Crippen LogP contribution in [0.3, 0.4) is 0 Å². The van der Waals surface area contributed by atoms with Crippen molar-refractivity contribution in [2.24, 2.45) is 0 Å². The van der Waals surface area contributed by atoms with Gasteiger partial charge in [-0.15, -0.1) is 6.58 Å². The largest absolute Gasteiger partial charge is 0.376 e. The van der Waals surface area contributed by atoms with E-state index in [1.54, 1.807) is 0 Å². The molecule has 1 heteroatoms. The maximum absolute atomic E-state index is 5.61. The minimum Gasteiger partial charge on any atom is -0.376 e. The number of unbranched alkanes of at least 4 members (excludes halogenated alkanes) is 1. The molecule has 0 radical (unpaired) electrons. The van der Waals surface area contributed by atoms with Crippen molar-refractivity contribution >= 4 is 0 Å². The third-order valence-corrected chi connectivity index (χ3v) is 2.57. The average molecular weight is 242 g/mol. The third kappa shape index (κ3) is 6.87. The lowest BCUT2D eigenvalue weighted by Gasteiger charge is -2.04. The van der Waals surface area contributed by atoms with Gasteiger partial charge in [0, 0.05) is 0 Å². The fourth-order valence-electron chi connectivity index (χ4n) is 1.51. The molecule has 0 fully saturated rings. The van der Waals surface area contributed by atoms with Crippen LogP contribution in [0, 0.1) is 0 Å². The first-order valence-corrected chi connectivity index (χ1v) is 6.40. The highest BCUT2D eigenvalue weighted by atomic mass is 16.5. The van der Waals surface area contributed by atoms with E-state index in [4.69, 9.17) is 4.74 Å². The second-order valence-corrected chi connectivity index (χ2v) is 4.21. The van der Waals surface area contributed by atoms with E-state index in [9.17, 15) is 0 Å². The standard InChI is InChI=1S/C17H22O/c1-3-4-5-7-10-16(2)13-14-18-15-17-11-8-6-9-12-17/h3,6-12H,1-2,4-5,13-15H2/b10-7+. The number of ether oxygens (including phenoxy) is 1. The van der Waals surface area contributed by atoms with E-state index in [-0.39, 0.29) is 0 Å². The van der Waals surface area contributed by atoms with Gasteiger partial charge in [0.15, 0.2) is 0 Å². The molecule has 0 amide bonds. The fraction of sp³-hybridized carbons (Fsp3) is 0.294. The summed E-state index contributed by atoms with van der Waals surface area (Å²) >= 11 is 0. The third-order valence-electron chi connectivity index (χ3n) is 2.57. The van der Waals surface area contributed by atoms with Gasteiger partial charge in [-0.1, -0.05) is 60.7 Å². The molecule has 0 atom stereocenters. The van der Waals surface area contributed by atoms with E-state index in [0.717, 1.165) is 31.4 Å². The Morgan fingerprint density at radius 1 is 1.17 bits per heavy atom. The first-order chi connectivity index (χ1) is 8.83. The molecular formula is C17H22O. The van der Waals surface area contributed by atoms with Crippen molar-refractivity contribution in [2.75, 3.05) is 6.61 Å². The molecular weight excluding hydrogens is 220 g/mol. The van der Waals surface area contributed by atoms with Gasteiger partial charge in [0.05, 0.1) is 13.2 Å². The monoisotopic (exact) mass is 242 g/mol. The van der Waals surface area contributed by atoms with Gasteiger partial charge in [0.25, 0.3) is 0 Å². The van der Waals surface area contributed by atoms with Crippen LogP contribution >= 0.6 is 0 Å². The Morgan fingerprint density at radius 2 is 1.94 bits per heavy atom. The number of benzene rings is 1. The molecule has 0 unspecified atom stereocenters. The van der Waals surface area contributed by atoms with E-state index in [1.165, 1.54) is 5.56 Å². The highest BCUT2D eigenvalue weighted by molar-refractivity contribution is 5.15. The van der Waals surface area contributed by atoms with Gasteiger partial charge in [-0.05, 0) is 24.8 Å². The van der Waals surface area contributed by atoms with Crippen molar-refractivity contribution in [3.05, 3.63) is 72.9 Å². The summed E-state index contributed by atoms with van der Waals surface area (Å²) in [6, 6.07) is 10.2. The molecule has 0 saturated carbocycles. The average Bonchev–Trinajstić information content (AvgIpc) is 2.41. The molecule has 0 bridgehead atoms. The maximum atomic E-state index is 5.61. The summed E-state index contributed by atoms with van der Waals surface area (Å²) in [5.74, 6) is 0. The van der Waals surface area contributed by atoms with Crippen LogP contribution in [0.5, 0.6) is 0 Å². The highest BCUT2D eigenvalue weighted by Crippen LogP contribution is 2.05. The molecule has 1 aromatic carbocycles. The number of hydrogen-bond donors (Lipinski definition) is 0. The van der Waals surface area contributed by atoms with Gasteiger partial charge in [0.1, 0.15) is 0 Å². The normalized spacial score (nSPS) is 10.7. The first kappa shape index (κ1) is 14.5. The molecule has 0 saturated heterocycles. The Morgan fingerprint density at radius 3 is 2.67 bits per heavy atom. The zero-order valence-corrected chi connectivity index (χ0v) is 11.0. The van der Waals surface area contributed by atoms with Gasteiger partial charge in [0.2, 0.25) is 0 Å². The van der Waals surface area contributed by atoms with Gasteiger partial charge in [-0.3, -0.25) is 0 Å². The Balaban J connectivity index is 2.09. The minimum atomic E-state index is 0.675. The summed E-state index contributed by atoms with van der Waals surface area (Å²) in [5.41, 5.74) is 2.33. The molecule has 0 aliphatic rings. The quantitative estimate of drug-likeness (QED) is 0.347. The van der Waals surface area contributed by atoms with Gasteiger partial charge in [-0.2, -0.15) is 0 Å². The molecule has 0 spiro atoms. The van der Waals surface area contributed by atoms with E-state index in [1.807, 2.05) is 24.3 Å². The molecule has 0 aliphatic carbocycles. The molecule has 96 valence electrons. The van der Waals surface area contributed by atoms with Crippen molar-refractivity contribution < 1.29 is 4.74 Å². The lowest BCUT2D eigenvalue weighted by Crippen LogP contribution is -1.95. The van der Waals surface area contributed by atoms with Gasteiger partial charge < -0.3 is 4.74 Å². The minimum absolute atomic E-state index is 0.675. The smallest absolute Gasteiger partial charge is 0.0717 e. The lowest BCUT2D eigenvalue weighted by atomic mass is 10.2. The summed E-state index contributed by atoms with van der Waals surface area (Å²) in [5, 5.41) is 0. The summed E-state index contributed by atoms with van der Waals surface area (Å²) in [4.78, 5) is 0. The number of rotatable bonds is 9. The Kier molecular flexibility index (Phi) is 7.58. The predicted molar refractivity (Wildman–Crippen MR) is 78.4 cm³/mol. The van der Waals surface area contributed by atoms with Crippen LogP contribution in [-0.2, 0) is 11.3 Å². The van der Waals surface area contributed by atoms with Gasteiger partial charge >= 0.3 is 0 Å². The van der Waals surface area contributed by atoms with Crippen LogP contribution in [0.1, 0.15) is 24.8 Å². The van der Waals surface area contributed by atoms with Crippen LogP contribution in [0.4, 0.5) is 0 Å². The van der Waals surface area contributed by atoms with E-state index < -0.39 is 0 Å². The molecule has 1 rings (SSSR count). The zero-order chi connectivity index (χ0) is 13.1. The van der Waals surface area contributed by atoms with Crippen molar-refractivity contribution in [1.82, 2.24) is 0 Å². The summed E-state index contributed by atoms with van der Waals surface area (Å²) in [7, 11) is 0. The lowest BCUT2D eigenvalue weighted by molar-refractivity contribution is 0.124. The zero-order valence-electron chi connectivity index (χ0n) is 11.0. The van der Waals surface area contributed by atoms with E-state index in [0.29, 0.717) is 6.61 Å². The SMILES string of the molecule is C=CCC/C=C/C(=C)CCOCc1ccccc1. The highest BCUT2D eigenvalue weighted by Gasteiger charge is 1.93. The number of hydrogen-bond acceptors (Lipinski definition) is 1. The molecule has 1 nitrogen and oxygen atoms in total. The molecule has 18 heavy (non-hydrogen) atoms. The summed E-state index contributed by atoms with van der Waals surface area (Å²) < 4.78 is 5.61. The molecule has 0 heterocycles. The second kappa shape index (κ2) is 9.43. The molecule has 0 N–H and O–H groups in total. The molecule has 0 aliphatic heterocycles. The van der Waals surface area contributed by atoms with Crippen molar-refractivity contribution in [3.8, 4) is 0 Å². The Bertz CT molecular complexity index is 376. The van der Waals surface area contributed by atoms with Gasteiger partial charge in [-0.25, -0.2) is 0 Å². The fourth-order valence-corrected chi connectivity index (χ4v) is 1.51. The Hall–Kier alpha value is -1.60. The van der Waals surface area contributed by atoms with E-state index in [2.05, 4.69) is 37.4 Å². The van der Waals surface area contributed by atoms with Crippen molar-refractivity contribution in [2.45, 2.75) is 25.9 Å². The van der Waals surface area contributed by atoms with Crippen LogP contribution < -0.4 is 0 Å².